The van der Waals surface area contributed by atoms with Gasteiger partial charge in [-0.25, -0.2) is 8.42 Å². The molecule has 1 atom stereocenters. The zero-order chi connectivity index (χ0) is 15.6. The first-order valence-electron chi connectivity index (χ1n) is 7.18. The maximum absolute atomic E-state index is 12.2. The zero-order valence-corrected chi connectivity index (χ0v) is 13.6. The number of sulfone groups is 1. The highest BCUT2D eigenvalue weighted by atomic mass is 32.2. The van der Waals surface area contributed by atoms with Crippen molar-refractivity contribution in [1.82, 2.24) is 10.1 Å². The molecule has 1 saturated heterocycles. The fourth-order valence-electron chi connectivity index (χ4n) is 2.67. The van der Waals surface area contributed by atoms with Gasteiger partial charge in [0.2, 0.25) is 5.91 Å². The maximum Gasteiger partial charge on any atom is 0.237 e. The van der Waals surface area contributed by atoms with E-state index in [1.807, 2.05) is 0 Å². The molecule has 1 aliphatic heterocycles. The molecule has 1 aromatic rings. The van der Waals surface area contributed by atoms with E-state index in [4.69, 9.17) is 4.52 Å². The van der Waals surface area contributed by atoms with Crippen molar-refractivity contribution >= 4 is 15.7 Å². The van der Waals surface area contributed by atoms with Crippen molar-refractivity contribution in [2.24, 2.45) is 5.92 Å². The van der Waals surface area contributed by atoms with Gasteiger partial charge in [-0.3, -0.25) is 4.79 Å². The third-order valence-corrected chi connectivity index (χ3v) is 5.31. The number of hydrogen-bond acceptors (Lipinski definition) is 5. The lowest BCUT2D eigenvalue weighted by atomic mass is 10.0. The summed E-state index contributed by atoms with van der Waals surface area (Å²) in [5.41, 5.74) is 1.13. The first kappa shape index (κ1) is 16.0. The largest absolute Gasteiger partial charge is 0.361 e. The minimum atomic E-state index is -3.51. The molecule has 0 unspecified atom stereocenters. The van der Waals surface area contributed by atoms with Crippen molar-refractivity contribution in [3.63, 3.8) is 0 Å². The second-order valence-corrected chi connectivity index (χ2v) is 7.99. The topological polar surface area (TPSA) is 80.5 Å². The third kappa shape index (κ3) is 4.06. The molecule has 7 heteroatoms. The van der Waals surface area contributed by atoms with E-state index in [2.05, 4.69) is 12.1 Å². The molecule has 0 N–H and O–H groups in total. The third-order valence-electron chi connectivity index (χ3n) is 3.90. The van der Waals surface area contributed by atoms with Gasteiger partial charge in [-0.1, -0.05) is 12.1 Å². The first-order chi connectivity index (χ1) is 9.78. The van der Waals surface area contributed by atoms with Gasteiger partial charge in [-0.2, -0.15) is 0 Å². The molecular formula is C14H22N2O4S. The number of aryl methyl sites for hydroxylation is 2. The Morgan fingerprint density at radius 1 is 1.43 bits per heavy atom. The summed E-state index contributed by atoms with van der Waals surface area (Å²) in [4.78, 5) is 13.8. The van der Waals surface area contributed by atoms with Gasteiger partial charge in [-0.15, -0.1) is 0 Å². The first-order valence-corrected chi connectivity index (χ1v) is 9.00. The summed E-state index contributed by atoms with van der Waals surface area (Å²) in [5.74, 6) is 0.00369. The van der Waals surface area contributed by atoms with Gasteiger partial charge in [0.1, 0.15) is 11.5 Å². The zero-order valence-electron chi connectivity index (χ0n) is 12.8. The summed E-state index contributed by atoms with van der Waals surface area (Å²) < 4.78 is 29.4. The van der Waals surface area contributed by atoms with Crippen LogP contribution in [0.1, 0.15) is 36.8 Å². The Balaban J connectivity index is 2.02. The smallest absolute Gasteiger partial charge is 0.237 e. The molecule has 0 radical (unpaired) electrons. The Bertz CT molecular complexity index is 601. The summed E-state index contributed by atoms with van der Waals surface area (Å²) in [6.45, 7) is 6.77. The van der Waals surface area contributed by atoms with E-state index in [9.17, 15) is 13.2 Å². The lowest BCUT2D eigenvalue weighted by Gasteiger charge is -2.30. The molecule has 6 nitrogen and oxygen atoms in total. The number of aromatic nitrogens is 1. The number of amides is 1. The van der Waals surface area contributed by atoms with Crippen molar-refractivity contribution in [1.29, 1.82) is 0 Å². The van der Waals surface area contributed by atoms with Gasteiger partial charge >= 0.3 is 0 Å². The van der Waals surface area contributed by atoms with Gasteiger partial charge in [0.25, 0.3) is 0 Å². The van der Waals surface area contributed by atoms with Gasteiger partial charge in [0.15, 0.2) is 9.84 Å². The molecule has 21 heavy (non-hydrogen) atoms. The normalized spacial score (nSPS) is 19.8. The summed E-state index contributed by atoms with van der Waals surface area (Å²) in [6.07, 6.45) is 2.03. The van der Waals surface area contributed by atoms with Crippen LogP contribution in [-0.2, 0) is 20.4 Å². The van der Waals surface area contributed by atoms with Gasteiger partial charge in [0, 0.05) is 18.7 Å². The maximum atomic E-state index is 12.2. The fourth-order valence-corrected chi connectivity index (χ4v) is 4.19. The Morgan fingerprint density at radius 2 is 2.14 bits per heavy atom. The number of nitrogens with zero attached hydrogens (tertiary/aromatic N) is 2. The number of carbonyl (C=O) groups excluding carboxylic acids is 1. The Labute approximate surface area is 125 Å². The number of hydrogen-bond donors (Lipinski definition) is 0. The Kier molecular flexibility index (Phi) is 4.70. The summed E-state index contributed by atoms with van der Waals surface area (Å²) in [7, 11) is -3.51. The van der Waals surface area contributed by atoms with Crippen LogP contribution in [0.15, 0.2) is 4.52 Å². The highest BCUT2D eigenvalue weighted by Crippen LogP contribution is 2.18. The molecule has 0 bridgehead atoms. The standard InChI is InChI=1S/C14H22N2O4S/c1-10-5-4-6-16(7-10)14(17)9-21(18,19)8-13-11(2)15-20-12(13)3/h10H,4-9H2,1-3H3/t10-/m1/s1. The van der Waals surface area contributed by atoms with Crippen LogP contribution in [0.5, 0.6) is 0 Å². The Hall–Kier alpha value is -1.37. The molecular weight excluding hydrogens is 292 g/mol. The quantitative estimate of drug-likeness (QED) is 0.840. The van der Waals surface area contributed by atoms with E-state index >= 15 is 0 Å². The summed E-state index contributed by atoms with van der Waals surface area (Å²) in [5, 5.41) is 3.74. The minimum absolute atomic E-state index is 0.191. The van der Waals surface area contributed by atoms with E-state index in [0.717, 1.165) is 12.8 Å². The van der Waals surface area contributed by atoms with E-state index in [1.165, 1.54) is 0 Å². The van der Waals surface area contributed by atoms with Crippen LogP contribution < -0.4 is 0 Å². The van der Waals surface area contributed by atoms with Crippen LogP contribution >= 0.6 is 0 Å². The van der Waals surface area contributed by atoms with Crippen molar-refractivity contribution in [2.45, 2.75) is 39.4 Å². The van der Waals surface area contributed by atoms with Crippen molar-refractivity contribution in [3.05, 3.63) is 17.0 Å². The molecule has 1 aliphatic rings. The average molecular weight is 314 g/mol. The predicted molar refractivity (Wildman–Crippen MR) is 78.4 cm³/mol. The van der Waals surface area contributed by atoms with E-state index in [0.29, 0.717) is 36.0 Å². The van der Waals surface area contributed by atoms with Gasteiger partial charge in [-0.05, 0) is 32.6 Å². The highest BCUT2D eigenvalue weighted by molar-refractivity contribution is 7.91. The summed E-state index contributed by atoms with van der Waals surface area (Å²) >= 11 is 0. The molecule has 0 spiro atoms. The van der Waals surface area contributed by atoms with Crippen molar-refractivity contribution < 1.29 is 17.7 Å². The van der Waals surface area contributed by atoms with Gasteiger partial charge in [0.05, 0.1) is 11.4 Å². The van der Waals surface area contributed by atoms with Gasteiger partial charge < -0.3 is 9.42 Å². The lowest BCUT2D eigenvalue weighted by Crippen LogP contribution is -2.42. The average Bonchev–Trinajstić information content (AvgIpc) is 2.69. The van der Waals surface area contributed by atoms with E-state index in [1.54, 1.807) is 18.7 Å². The molecule has 1 aromatic heterocycles. The molecule has 2 rings (SSSR count). The summed E-state index contributed by atoms with van der Waals surface area (Å²) in [6, 6.07) is 0. The SMILES string of the molecule is Cc1noc(C)c1CS(=O)(=O)CC(=O)N1CCC[C@@H](C)C1. The lowest BCUT2D eigenvalue weighted by molar-refractivity contribution is -0.130. The van der Waals surface area contributed by atoms with Crippen LogP contribution in [0.3, 0.4) is 0 Å². The monoisotopic (exact) mass is 314 g/mol. The van der Waals surface area contributed by atoms with Crippen LogP contribution in [0, 0.1) is 19.8 Å². The highest BCUT2D eigenvalue weighted by Gasteiger charge is 2.27. The minimum Gasteiger partial charge on any atom is -0.361 e. The Morgan fingerprint density at radius 3 is 2.71 bits per heavy atom. The number of carbonyl (C=O) groups is 1. The fraction of sp³-hybridized carbons (Fsp3) is 0.714. The van der Waals surface area contributed by atoms with Crippen LogP contribution in [0.2, 0.25) is 0 Å². The molecule has 0 aromatic carbocycles. The predicted octanol–water partition coefficient (Wildman–Crippen LogP) is 1.46. The molecule has 0 saturated carbocycles. The molecule has 0 aliphatic carbocycles. The molecule has 118 valence electrons. The van der Waals surface area contributed by atoms with Crippen molar-refractivity contribution in [3.8, 4) is 0 Å². The molecule has 2 heterocycles. The molecule has 1 fully saturated rings. The second kappa shape index (κ2) is 6.17. The number of rotatable bonds is 4. The van der Waals surface area contributed by atoms with Crippen LogP contribution in [0.4, 0.5) is 0 Å². The van der Waals surface area contributed by atoms with E-state index < -0.39 is 15.6 Å². The van der Waals surface area contributed by atoms with Crippen LogP contribution in [0.25, 0.3) is 0 Å². The number of piperidine rings is 1. The number of likely N-dealkylation sites (tertiary alicyclic amines) is 1. The van der Waals surface area contributed by atoms with Crippen LogP contribution in [-0.4, -0.2) is 43.2 Å². The van der Waals surface area contributed by atoms with E-state index in [-0.39, 0.29) is 11.7 Å². The molecule has 1 amide bonds. The van der Waals surface area contributed by atoms with Crippen molar-refractivity contribution in [2.75, 3.05) is 18.8 Å². The second-order valence-electron chi connectivity index (χ2n) is 5.92.